The number of hydrogen-bond acceptors (Lipinski definition) is 8. The summed E-state index contributed by atoms with van der Waals surface area (Å²) in [5, 5.41) is 0.717. The van der Waals surface area contributed by atoms with E-state index in [1.54, 1.807) is 26.0 Å². The highest BCUT2D eigenvalue weighted by Gasteiger charge is 2.45. The quantitative estimate of drug-likeness (QED) is 0.419. The zero-order valence-corrected chi connectivity index (χ0v) is 29.9. The van der Waals surface area contributed by atoms with Gasteiger partial charge in [-0.1, -0.05) is 29.8 Å². The van der Waals surface area contributed by atoms with Gasteiger partial charge in [0.15, 0.2) is 0 Å². The number of likely N-dealkylation sites (tertiary alicyclic amines) is 1. The molecule has 12 heteroatoms. The zero-order valence-electron chi connectivity index (χ0n) is 28.3. The average Bonchev–Trinajstić information content (AvgIpc) is 3.40. The Labute approximate surface area is 294 Å². The fourth-order valence-electron chi connectivity index (χ4n) is 8.24. The minimum absolute atomic E-state index is 0.00781. The zero-order chi connectivity index (χ0) is 34.4. The molecule has 1 amide bonds. The van der Waals surface area contributed by atoms with Gasteiger partial charge in [-0.3, -0.25) is 9.69 Å². The van der Waals surface area contributed by atoms with Crippen LogP contribution in [0, 0.1) is 11.8 Å². The van der Waals surface area contributed by atoms with Gasteiger partial charge < -0.3 is 19.1 Å². The fraction of sp³-hybridized carbons (Fsp3) is 0.595. The second-order valence-corrected chi connectivity index (χ2v) is 17.1. The maximum Gasteiger partial charge on any atom is 0.265 e. The average molecular weight is 716 g/mol. The van der Waals surface area contributed by atoms with Gasteiger partial charge in [0.25, 0.3) is 15.9 Å². The Balaban J connectivity index is 1.24. The van der Waals surface area contributed by atoms with E-state index in [2.05, 4.69) is 26.7 Å². The lowest BCUT2D eigenvalue weighted by molar-refractivity contribution is -0.139. The van der Waals surface area contributed by atoms with Crippen LogP contribution in [-0.4, -0.2) is 89.6 Å². The van der Waals surface area contributed by atoms with E-state index in [1.165, 1.54) is 17.2 Å². The summed E-state index contributed by atoms with van der Waals surface area (Å²) < 4.78 is 62.4. The topological polar surface area (TPSA) is 97.4 Å². The number of amides is 1. The maximum atomic E-state index is 13.8. The van der Waals surface area contributed by atoms with Crippen LogP contribution in [-0.2, 0) is 36.1 Å². The van der Waals surface area contributed by atoms with Crippen LogP contribution < -0.4 is 14.4 Å². The molecule has 49 heavy (non-hydrogen) atoms. The monoisotopic (exact) mass is 715 g/mol. The van der Waals surface area contributed by atoms with Crippen molar-refractivity contribution in [1.82, 2.24) is 9.62 Å². The van der Waals surface area contributed by atoms with E-state index < -0.39 is 27.7 Å². The van der Waals surface area contributed by atoms with E-state index in [9.17, 15) is 17.6 Å². The third kappa shape index (κ3) is 7.24. The van der Waals surface area contributed by atoms with Crippen LogP contribution in [0.1, 0.15) is 57.1 Å². The number of benzene rings is 2. The van der Waals surface area contributed by atoms with Crippen molar-refractivity contribution in [3.63, 3.8) is 0 Å². The summed E-state index contributed by atoms with van der Waals surface area (Å²) in [5.41, 5.74) is 1.44. The predicted octanol–water partition coefficient (Wildman–Crippen LogP) is 5.44. The summed E-state index contributed by atoms with van der Waals surface area (Å²) >= 11 is 6.44. The van der Waals surface area contributed by atoms with Crippen molar-refractivity contribution < 1.29 is 31.8 Å². The third-order valence-electron chi connectivity index (χ3n) is 11.2. The first-order valence-corrected chi connectivity index (χ1v) is 19.5. The summed E-state index contributed by atoms with van der Waals surface area (Å²) in [6.45, 7) is 7.37. The molecule has 266 valence electrons. The standard InChI is InChI=1S/C37H47ClFN3O6S/c1-36(2)35(43)40-49(44,45)29-9-12-34-32(20-29)42(23-37(24-47-34)14-3-5-25-19-27(38)8-11-31(25)37)21-26-7-10-30(26)33(6-4-17-48-36)46-18-16-41-15-13-28(39)22-41/h4,6,8-9,11-12,19-20,26,28,30,33H,3,5,7,10,13-18,21-24H2,1-2H3,(H,40,43)/t26-,28+,30+,33-,37-/m0/s1. The SMILES string of the molecule is CC1(C)OCC=C[C@H](OCCN2CC[C@@H](F)C2)[C@@H]2CC[C@H]2CN2C[C@@]3(CCCc4cc(Cl)ccc43)COc3ccc(cc32)S(=O)(=O)NC1=O. The number of carbonyl (C=O) groups excluding carboxylic acids is 1. The Morgan fingerprint density at radius 1 is 1.12 bits per heavy atom. The number of fused-ring (bicyclic) bond motifs is 4. The van der Waals surface area contributed by atoms with Crippen molar-refractivity contribution in [2.75, 3.05) is 57.4 Å². The van der Waals surface area contributed by atoms with Gasteiger partial charge in [-0.15, -0.1) is 0 Å². The number of anilines is 1. The Morgan fingerprint density at radius 3 is 2.76 bits per heavy atom. The van der Waals surface area contributed by atoms with Crippen LogP contribution in [0.25, 0.3) is 0 Å². The minimum Gasteiger partial charge on any atom is -0.490 e. The Kier molecular flexibility index (Phi) is 9.77. The van der Waals surface area contributed by atoms with Gasteiger partial charge >= 0.3 is 0 Å². The van der Waals surface area contributed by atoms with Crippen LogP contribution in [0.5, 0.6) is 5.75 Å². The second-order valence-electron chi connectivity index (χ2n) is 14.9. The van der Waals surface area contributed by atoms with Crippen molar-refractivity contribution in [1.29, 1.82) is 0 Å². The number of carbonyl (C=O) groups is 1. The third-order valence-corrected chi connectivity index (χ3v) is 12.8. The molecule has 3 aliphatic heterocycles. The number of nitrogens with one attached hydrogen (secondary N) is 1. The number of ether oxygens (including phenoxy) is 3. The van der Waals surface area contributed by atoms with E-state index in [0.29, 0.717) is 57.3 Å². The highest BCUT2D eigenvalue weighted by atomic mass is 35.5. The Bertz CT molecular complexity index is 1700. The molecule has 1 N–H and O–H groups in total. The molecule has 0 unspecified atom stereocenters. The van der Waals surface area contributed by atoms with Gasteiger partial charge in [-0.25, -0.2) is 17.5 Å². The van der Waals surface area contributed by atoms with Crippen molar-refractivity contribution in [3.8, 4) is 5.75 Å². The molecule has 5 atom stereocenters. The lowest BCUT2D eigenvalue weighted by Gasteiger charge is -2.46. The Hall–Kier alpha value is -2.70. The molecule has 1 saturated carbocycles. The van der Waals surface area contributed by atoms with E-state index in [1.807, 2.05) is 18.2 Å². The number of hydrogen-bond donors (Lipinski definition) is 1. The molecule has 2 aromatic carbocycles. The Morgan fingerprint density at radius 2 is 1.98 bits per heavy atom. The molecule has 1 saturated heterocycles. The molecule has 9 nitrogen and oxygen atoms in total. The smallest absolute Gasteiger partial charge is 0.265 e. The highest BCUT2D eigenvalue weighted by molar-refractivity contribution is 7.90. The van der Waals surface area contributed by atoms with Crippen LogP contribution in [0.3, 0.4) is 0 Å². The van der Waals surface area contributed by atoms with E-state index in [0.717, 1.165) is 43.7 Å². The van der Waals surface area contributed by atoms with Crippen LogP contribution in [0.15, 0.2) is 53.4 Å². The van der Waals surface area contributed by atoms with Gasteiger partial charge in [-0.2, -0.15) is 0 Å². The molecule has 0 radical (unpaired) electrons. The minimum atomic E-state index is -4.21. The number of rotatable bonds is 4. The lowest BCUT2D eigenvalue weighted by Crippen LogP contribution is -2.50. The number of sulfonamides is 1. The first-order chi connectivity index (χ1) is 23.4. The number of halogens is 2. The molecule has 2 aliphatic carbocycles. The molecule has 1 spiro atoms. The lowest BCUT2D eigenvalue weighted by atomic mass is 9.68. The summed E-state index contributed by atoms with van der Waals surface area (Å²) in [5.74, 6) is 0.364. The van der Waals surface area contributed by atoms with Crippen LogP contribution in [0.4, 0.5) is 10.1 Å². The van der Waals surface area contributed by atoms with Crippen molar-refractivity contribution in [2.45, 2.75) is 80.6 Å². The molecule has 7 rings (SSSR count). The molecular weight excluding hydrogens is 669 g/mol. The molecular formula is C37H47ClFN3O6S. The first kappa shape index (κ1) is 34.7. The van der Waals surface area contributed by atoms with Gasteiger partial charge in [0.1, 0.15) is 17.5 Å². The molecule has 0 aromatic heterocycles. The predicted molar refractivity (Wildman–Crippen MR) is 187 cm³/mol. The fourth-order valence-corrected chi connectivity index (χ4v) is 9.56. The van der Waals surface area contributed by atoms with Crippen molar-refractivity contribution in [3.05, 3.63) is 64.7 Å². The van der Waals surface area contributed by atoms with Crippen LogP contribution in [0.2, 0.25) is 5.02 Å². The summed E-state index contributed by atoms with van der Waals surface area (Å²) in [6, 6.07) is 11.0. The largest absolute Gasteiger partial charge is 0.490 e. The molecule has 3 heterocycles. The summed E-state index contributed by atoms with van der Waals surface area (Å²) in [7, 11) is -4.21. The summed E-state index contributed by atoms with van der Waals surface area (Å²) in [4.78, 5) is 17.7. The van der Waals surface area contributed by atoms with E-state index in [-0.39, 0.29) is 34.9 Å². The van der Waals surface area contributed by atoms with Gasteiger partial charge in [0.2, 0.25) is 0 Å². The summed E-state index contributed by atoms with van der Waals surface area (Å²) in [6.07, 6.45) is 8.38. The first-order valence-electron chi connectivity index (χ1n) is 17.6. The van der Waals surface area contributed by atoms with Crippen molar-refractivity contribution >= 4 is 33.2 Å². The molecule has 2 fully saturated rings. The second kappa shape index (κ2) is 13.8. The number of aryl methyl sites for hydroxylation is 1. The van der Waals surface area contributed by atoms with Gasteiger partial charge in [-0.05, 0) is 106 Å². The maximum absolute atomic E-state index is 13.8. The van der Waals surface area contributed by atoms with Crippen molar-refractivity contribution in [2.24, 2.45) is 11.8 Å². The van der Waals surface area contributed by atoms with Crippen LogP contribution >= 0.6 is 11.6 Å². The molecule has 2 aromatic rings. The van der Waals surface area contributed by atoms with Gasteiger partial charge in [0, 0.05) is 43.2 Å². The number of alkyl halides is 1. The highest BCUT2D eigenvalue weighted by Crippen LogP contribution is 2.47. The number of nitrogens with zero attached hydrogens (tertiary/aromatic N) is 2. The van der Waals surface area contributed by atoms with Gasteiger partial charge in [0.05, 0.1) is 36.5 Å². The molecule has 2 bridgehead atoms. The van der Waals surface area contributed by atoms with E-state index in [4.69, 9.17) is 25.8 Å². The normalized spacial score (nSPS) is 31.2. The van der Waals surface area contributed by atoms with E-state index >= 15 is 0 Å². The molecule has 5 aliphatic rings.